The second-order valence-corrected chi connectivity index (χ2v) is 7.25. The van der Waals surface area contributed by atoms with E-state index in [2.05, 4.69) is 38.2 Å². The molecule has 0 aliphatic heterocycles. The lowest BCUT2D eigenvalue weighted by Crippen LogP contribution is -2.39. The van der Waals surface area contributed by atoms with Crippen molar-refractivity contribution in [3.05, 3.63) is 48.3 Å². The van der Waals surface area contributed by atoms with E-state index in [9.17, 15) is 4.79 Å². The summed E-state index contributed by atoms with van der Waals surface area (Å²) in [6.45, 7) is 7.41. The summed E-state index contributed by atoms with van der Waals surface area (Å²) in [5.41, 5.74) is 1.68. The summed E-state index contributed by atoms with van der Waals surface area (Å²) in [5.74, 6) is 0.716. The Morgan fingerprint density at radius 2 is 1.83 bits per heavy atom. The average molecular weight is 514 g/mol. The molecule has 0 atom stereocenters. The fraction of sp³-hybridized carbons (Fsp3) is 0.450. The first-order valence-electron chi connectivity index (χ1n) is 9.38. The van der Waals surface area contributed by atoms with Crippen LogP contribution < -0.4 is 16.0 Å². The van der Waals surface area contributed by atoms with Gasteiger partial charge in [0.05, 0.1) is 5.69 Å². The van der Waals surface area contributed by atoms with Gasteiger partial charge < -0.3 is 20.7 Å². The normalized spacial score (nSPS) is 11.4. The van der Waals surface area contributed by atoms with Gasteiger partial charge in [0, 0.05) is 39.1 Å². The van der Waals surface area contributed by atoms with Gasteiger partial charge >= 0.3 is 6.09 Å². The lowest BCUT2D eigenvalue weighted by molar-refractivity contribution is 0.0527. The zero-order chi connectivity index (χ0) is 20.4. The van der Waals surface area contributed by atoms with E-state index in [1.54, 1.807) is 13.2 Å². The van der Waals surface area contributed by atoms with Gasteiger partial charge in [-0.1, -0.05) is 12.1 Å². The van der Waals surface area contributed by atoms with Gasteiger partial charge in [0.1, 0.15) is 5.60 Å². The number of aromatic nitrogens is 2. The van der Waals surface area contributed by atoms with Gasteiger partial charge in [-0.25, -0.2) is 9.48 Å². The van der Waals surface area contributed by atoms with E-state index in [4.69, 9.17) is 4.74 Å². The number of aliphatic imine (C=N–C) groups is 1. The summed E-state index contributed by atoms with van der Waals surface area (Å²) in [5, 5.41) is 13.5. The number of hydrogen-bond acceptors (Lipinski definition) is 4. The van der Waals surface area contributed by atoms with Crippen LogP contribution in [0.3, 0.4) is 0 Å². The Morgan fingerprint density at radius 3 is 2.41 bits per heavy atom. The van der Waals surface area contributed by atoms with Gasteiger partial charge in [0.15, 0.2) is 5.96 Å². The van der Waals surface area contributed by atoms with Gasteiger partial charge in [0.25, 0.3) is 0 Å². The Balaban J connectivity index is 0.00000420. The number of carbonyl (C=O) groups excluding carboxylic acids is 1. The van der Waals surface area contributed by atoms with Crippen molar-refractivity contribution < 1.29 is 9.53 Å². The molecule has 8 nitrogen and oxygen atoms in total. The van der Waals surface area contributed by atoms with Crippen LogP contribution in [0.2, 0.25) is 0 Å². The lowest BCUT2D eigenvalue weighted by Gasteiger charge is -2.19. The molecule has 0 bridgehead atoms. The highest BCUT2D eigenvalue weighted by Gasteiger charge is 2.15. The van der Waals surface area contributed by atoms with E-state index in [-0.39, 0.29) is 24.0 Å². The zero-order valence-corrected chi connectivity index (χ0v) is 19.8. The molecule has 0 saturated carbocycles. The number of nitrogens with one attached hydrogen (secondary N) is 3. The lowest BCUT2D eigenvalue weighted by atomic mass is 10.2. The molecule has 0 fully saturated rings. The van der Waals surface area contributed by atoms with Crippen molar-refractivity contribution in [3.63, 3.8) is 0 Å². The smallest absolute Gasteiger partial charge is 0.407 e. The molecular formula is C20H31IN6O2. The Kier molecular flexibility index (Phi) is 10.5. The Bertz CT molecular complexity index is 754. The van der Waals surface area contributed by atoms with E-state index in [1.165, 1.54) is 0 Å². The third-order valence-electron chi connectivity index (χ3n) is 3.70. The summed E-state index contributed by atoms with van der Waals surface area (Å²) in [6.07, 6.45) is 4.04. The van der Waals surface area contributed by atoms with Crippen molar-refractivity contribution in [2.24, 2.45) is 4.99 Å². The van der Waals surface area contributed by atoms with E-state index in [1.807, 2.05) is 49.8 Å². The minimum Gasteiger partial charge on any atom is -0.444 e. The maximum absolute atomic E-state index is 11.6. The van der Waals surface area contributed by atoms with Crippen LogP contribution >= 0.6 is 24.0 Å². The van der Waals surface area contributed by atoms with Crippen LogP contribution in [0.5, 0.6) is 0 Å². The Morgan fingerprint density at radius 1 is 1.14 bits per heavy atom. The predicted octanol–water partition coefficient (Wildman–Crippen LogP) is 3.07. The molecule has 0 aliphatic rings. The Labute approximate surface area is 189 Å². The highest BCUT2D eigenvalue weighted by Crippen LogP contribution is 2.08. The molecule has 3 N–H and O–H groups in total. The average Bonchev–Trinajstić information content (AvgIpc) is 3.17. The van der Waals surface area contributed by atoms with Crippen LogP contribution in [0.25, 0.3) is 5.69 Å². The summed E-state index contributed by atoms with van der Waals surface area (Å²) in [4.78, 5) is 15.8. The molecule has 0 spiro atoms. The zero-order valence-electron chi connectivity index (χ0n) is 17.4. The number of rotatable bonds is 7. The molecule has 1 aromatic heterocycles. The van der Waals surface area contributed by atoms with E-state index in [0.717, 1.165) is 17.7 Å². The van der Waals surface area contributed by atoms with Crippen LogP contribution in [0.15, 0.2) is 47.7 Å². The van der Waals surface area contributed by atoms with Crippen molar-refractivity contribution in [1.29, 1.82) is 0 Å². The molecule has 0 radical (unpaired) electrons. The van der Waals surface area contributed by atoms with E-state index >= 15 is 0 Å². The van der Waals surface area contributed by atoms with Crippen LogP contribution in [0.4, 0.5) is 4.79 Å². The molecule has 0 aliphatic carbocycles. The molecule has 160 valence electrons. The monoisotopic (exact) mass is 514 g/mol. The first-order valence-corrected chi connectivity index (χ1v) is 9.38. The highest BCUT2D eigenvalue weighted by molar-refractivity contribution is 14.0. The minimum absolute atomic E-state index is 0. The largest absolute Gasteiger partial charge is 0.444 e. The SMILES string of the molecule is CN=C(NCCCNC(=O)OC(C)(C)C)NCc1ccc(-n2cccn2)cc1.I. The highest BCUT2D eigenvalue weighted by atomic mass is 127. The van der Waals surface area contributed by atoms with Gasteiger partial charge in [-0.05, 0) is 51.0 Å². The van der Waals surface area contributed by atoms with Crippen LogP contribution in [0, 0.1) is 0 Å². The van der Waals surface area contributed by atoms with Crippen LogP contribution in [0.1, 0.15) is 32.8 Å². The van der Waals surface area contributed by atoms with E-state index in [0.29, 0.717) is 25.6 Å². The number of amides is 1. The molecule has 1 heterocycles. The second kappa shape index (κ2) is 12.3. The van der Waals surface area contributed by atoms with Gasteiger partial charge in [-0.15, -0.1) is 24.0 Å². The van der Waals surface area contributed by atoms with Crippen molar-refractivity contribution in [2.75, 3.05) is 20.1 Å². The summed E-state index contributed by atoms with van der Waals surface area (Å²) >= 11 is 0. The number of benzene rings is 1. The number of guanidine groups is 1. The van der Waals surface area contributed by atoms with Crippen LogP contribution in [-0.4, -0.2) is 47.6 Å². The number of carbonyl (C=O) groups is 1. The topological polar surface area (TPSA) is 92.6 Å². The van der Waals surface area contributed by atoms with Gasteiger partial charge in [0.2, 0.25) is 0 Å². The molecule has 29 heavy (non-hydrogen) atoms. The standard InChI is InChI=1S/C20H30N6O2.HI/c1-20(2,3)28-19(27)23-12-5-11-22-18(21-4)24-15-16-7-9-17(10-8-16)26-14-6-13-25-26;/h6-10,13-14H,5,11-12,15H2,1-4H3,(H,23,27)(H2,21,22,24);1H. The van der Waals surface area contributed by atoms with Gasteiger partial charge in [-0.2, -0.15) is 5.10 Å². The van der Waals surface area contributed by atoms with Crippen LogP contribution in [-0.2, 0) is 11.3 Å². The van der Waals surface area contributed by atoms with Crippen molar-refractivity contribution in [3.8, 4) is 5.69 Å². The molecule has 9 heteroatoms. The van der Waals surface area contributed by atoms with Crippen molar-refractivity contribution in [2.45, 2.75) is 39.3 Å². The predicted molar refractivity (Wildman–Crippen MR) is 126 cm³/mol. The quantitative estimate of drug-likeness (QED) is 0.229. The van der Waals surface area contributed by atoms with Crippen molar-refractivity contribution >= 4 is 36.0 Å². The number of hydrogen-bond donors (Lipinski definition) is 3. The van der Waals surface area contributed by atoms with E-state index < -0.39 is 11.7 Å². The summed E-state index contributed by atoms with van der Waals surface area (Å²) < 4.78 is 7.02. The fourth-order valence-corrected chi connectivity index (χ4v) is 2.39. The molecule has 2 rings (SSSR count). The molecule has 0 saturated heterocycles. The Hall–Kier alpha value is -2.30. The van der Waals surface area contributed by atoms with Gasteiger partial charge in [-0.3, -0.25) is 4.99 Å². The summed E-state index contributed by atoms with van der Waals surface area (Å²) in [7, 11) is 1.73. The maximum Gasteiger partial charge on any atom is 0.407 e. The molecule has 1 aromatic carbocycles. The third-order valence-corrected chi connectivity index (χ3v) is 3.70. The first-order chi connectivity index (χ1) is 13.4. The number of ether oxygens (including phenoxy) is 1. The number of halogens is 1. The second-order valence-electron chi connectivity index (χ2n) is 7.25. The third kappa shape index (κ3) is 9.64. The maximum atomic E-state index is 11.6. The minimum atomic E-state index is -0.481. The number of alkyl carbamates (subject to hydrolysis) is 1. The molecular weight excluding hydrogens is 483 g/mol. The molecule has 0 unspecified atom stereocenters. The van der Waals surface area contributed by atoms with Crippen molar-refractivity contribution in [1.82, 2.24) is 25.7 Å². The first kappa shape index (κ1) is 24.7. The number of nitrogens with zero attached hydrogens (tertiary/aromatic N) is 3. The summed E-state index contributed by atoms with van der Waals surface area (Å²) in [6, 6.07) is 10.1. The molecule has 2 aromatic rings. The fourth-order valence-electron chi connectivity index (χ4n) is 2.39. The molecule has 1 amide bonds.